The zero-order chi connectivity index (χ0) is 19.1. The molecule has 0 fully saturated rings. The molecule has 5 rings (SSSR count). The molecule has 0 spiro atoms. The van der Waals surface area contributed by atoms with Gasteiger partial charge >= 0.3 is 0 Å². The summed E-state index contributed by atoms with van der Waals surface area (Å²) in [6.45, 7) is 1.98. The van der Waals surface area contributed by atoms with E-state index < -0.39 is 6.04 Å². The first kappa shape index (κ1) is 16.2. The van der Waals surface area contributed by atoms with Crippen LogP contribution in [0.2, 0.25) is 0 Å². The van der Waals surface area contributed by atoms with Crippen molar-refractivity contribution in [1.82, 2.24) is 25.2 Å². The smallest absolute Gasteiger partial charge is 0.257 e. The summed E-state index contributed by atoms with van der Waals surface area (Å²) in [6, 6.07) is 10.3. The maximum atomic E-state index is 13.1. The van der Waals surface area contributed by atoms with Gasteiger partial charge in [-0.15, -0.1) is 0 Å². The molecule has 0 bridgehead atoms. The van der Waals surface area contributed by atoms with E-state index in [0.29, 0.717) is 34.5 Å². The fourth-order valence-electron chi connectivity index (χ4n) is 3.32. The number of benzene rings is 1. The number of allylic oxidation sites excluding steroid dienone is 1. The molecule has 2 aliphatic heterocycles. The number of nitrogens with zero attached hydrogens (tertiary/aromatic N) is 5. The molecule has 1 aromatic carbocycles. The fraction of sp³-hybridized carbons (Fsp3) is 0.167. The molecule has 4 heterocycles. The third-order valence-electron chi connectivity index (χ3n) is 4.58. The number of anilines is 2. The van der Waals surface area contributed by atoms with E-state index in [2.05, 4.69) is 31.1 Å². The predicted molar refractivity (Wildman–Crippen MR) is 97.7 cm³/mol. The molecule has 28 heavy (non-hydrogen) atoms. The van der Waals surface area contributed by atoms with Gasteiger partial charge in [0.1, 0.15) is 11.9 Å². The number of carbonyl (C=O) groups is 1. The number of rotatable bonds is 3. The maximum absolute atomic E-state index is 13.1. The average molecular weight is 377 g/mol. The highest BCUT2D eigenvalue weighted by atomic mass is 16.7. The van der Waals surface area contributed by atoms with Gasteiger partial charge in [-0.3, -0.25) is 4.79 Å². The van der Waals surface area contributed by atoms with Gasteiger partial charge in [0.05, 0.1) is 5.57 Å². The lowest BCUT2D eigenvalue weighted by Gasteiger charge is -2.28. The van der Waals surface area contributed by atoms with Gasteiger partial charge in [0, 0.05) is 11.9 Å². The highest BCUT2D eigenvalue weighted by molar-refractivity contribution is 6.05. The summed E-state index contributed by atoms with van der Waals surface area (Å²) < 4.78 is 12.4. The second-order valence-corrected chi connectivity index (χ2v) is 6.30. The summed E-state index contributed by atoms with van der Waals surface area (Å²) in [6.07, 6.45) is 1.62. The third kappa shape index (κ3) is 2.62. The van der Waals surface area contributed by atoms with Crippen molar-refractivity contribution >= 4 is 17.7 Å². The molecule has 0 saturated carbocycles. The number of hydrogen-bond acceptors (Lipinski definition) is 8. The Labute approximate surface area is 159 Å². The molecule has 10 heteroatoms. The molecule has 2 aromatic heterocycles. The summed E-state index contributed by atoms with van der Waals surface area (Å²) in [4.78, 5) is 17.3. The van der Waals surface area contributed by atoms with E-state index in [1.165, 1.54) is 0 Å². The fourth-order valence-corrected chi connectivity index (χ4v) is 3.32. The maximum Gasteiger partial charge on any atom is 0.257 e. The minimum Gasteiger partial charge on any atom is -0.454 e. The third-order valence-corrected chi connectivity index (χ3v) is 4.58. The van der Waals surface area contributed by atoms with Crippen LogP contribution in [0.15, 0.2) is 53.9 Å². The number of aromatic nitrogens is 5. The van der Waals surface area contributed by atoms with Crippen LogP contribution in [0.5, 0.6) is 11.5 Å². The van der Waals surface area contributed by atoms with Crippen molar-refractivity contribution in [2.75, 3.05) is 17.4 Å². The SMILES string of the molecule is CC1=C(C(=O)Nc2ccccn2)C(c2ccc3c(c2)OCO3)n2nnnc2N1. The van der Waals surface area contributed by atoms with Crippen molar-refractivity contribution in [3.63, 3.8) is 0 Å². The summed E-state index contributed by atoms with van der Waals surface area (Å²) in [5.41, 5.74) is 1.92. The normalized spacial score (nSPS) is 17.1. The summed E-state index contributed by atoms with van der Waals surface area (Å²) in [7, 11) is 0. The first-order valence-corrected chi connectivity index (χ1v) is 8.58. The second kappa shape index (κ2) is 6.34. The van der Waals surface area contributed by atoms with Gasteiger partial charge in [0.25, 0.3) is 5.91 Å². The highest BCUT2D eigenvalue weighted by Gasteiger charge is 2.35. The summed E-state index contributed by atoms with van der Waals surface area (Å²) in [5, 5.41) is 17.7. The number of ether oxygens (including phenoxy) is 2. The van der Waals surface area contributed by atoms with Crippen molar-refractivity contribution < 1.29 is 14.3 Å². The lowest BCUT2D eigenvalue weighted by atomic mass is 9.94. The van der Waals surface area contributed by atoms with Crippen LogP contribution >= 0.6 is 0 Å². The number of nitrogens with one attached hydrogen (secondary N) is 2. The molecule has 2 aliphatic rings. The number of hydrogen-bond donors (Lipinski definition) is 2. The summed E-state index contributed by atoms with van der Waals surface area (Å²) in [5.74, 6) is 1.89. The van der Waals surface area contributed by atoms with E-state index in [0.717, 1.165) is 5.56 Å². The molecule has 1 amide bonds. The molecule has 2 N–H and O–H groups in total. The van der Waals surface area contributed by atoms with Crippen LogP contribution < -0.4 is 20.1 Å². The van der Waals surface area contributed by atoms with Gasteiger partial charge in [0.15, 0.2) is 11.5 Å². The van der Waals surface area contributed by atoms with Crippen molar-refractivity contribution in [2.45, 2.75) is 13.0 Å². The van der Waals surface area contributed by atoms with E-state index in [1.807, 2.05) is 25.1 Å². The van der Waals surface area contributed by atoms with E-state index >= 15 is 0 Å². The Balaban J connectivity index is 1.58. The van der Waals surface area contributed by atoms with Crippen LogP contribution in [-0.2, 0) is 4.79 Å². The molecule has 140 valence electrons. The molecule has 3 aromatic rings. The Morgan fingerprint density at radius 3 is 3.00 bits per heavy atom. The molecule has 1 unspecified atom stereocenters. The van der Waals surface area contributed by atoms with Gasteiger partial charge in [-0.05, 0) is 47.2 Å². The van der Waals surface area contributed by atoms with Gasteiger partial charge in [-0.1, -0.05) is 17.2 Å². The minimum atomic E-state index is -0.538. The van der Waals surface area contributed by atoms with Crippen LogP contribution in [0.3, 0.4) is 0 Å². The van der Waals surface area contributed by atoms with Crippen LogP contribution in [0.4, 0.5) is 11.8 Å². The zero-order valence-corrected chi connectivity index (χ0v) is 14.8. The van der Waals surface area contributed by atoms with Crippen LogP contribution in [0, 0.1) is 0 Å². The second-order valence-electron chi connectivity index (χ2n) is 6.30. The van der Waals surface area contributed by atoms with E-state index in [9.17, 15) is 4.79 Å². The van der Waals surface area contributed by atoms with E-state index in [-0.39, 0.29) is 12.7 Å². The minimum absolute atomic E-state index is 0.170. The van der Waals surface area contributed by atoms with Gasteiger partial charge in [-0.25, -0.2) is 4.98 Å². The standard InChI is InChI=1S/C18H15N7O3/c1-10-15(17(26)21-14-4-2-3-7-19-14)16(25-18(20-10)22-23-24-25)11-5-6-12-13(8-11)28-9-27-12/h2-8,16H,9H2,1H3,(H,19,21,26)(H,20,22,24). The number of amides is 1. The van der Waals surface area contributed by atoms with E-state index in [1.54, 1.807) is 29.1 Å². The topological polar surface area (TPSA) is 116 Å². The largest absolute Gasteiger partial charge is 0.454 e. The van der Waals surface area contributed by atoms with Gasteiger partial charge in [-0.2, -0.15) is 4.68 Å². The molecule has 0 aliphatic carbocycles. The first-order valence-electron chi connectivity index (χ1n) is 8.58. The Hall–Kier alpha value is -3.95. The number of carbonyl (C=O) groups excluding carboxylic acids is 1. The predicted octanol–water partition coefficient (Wildman–Crippen LogP) is 1.72. The number of fused-ring (bicyclic) bond motifs is 2. The molecule has 0 saturated heterocycles. The van der Waals surface area contributed by atoms with E-state index in [4.69, 9.17) is 9.47 Å². The van der Waals surface area contributed by atoms with Crippen LogP contribution in [-0.4, -0.2) is 37.9 Å². The number of tetrazole rings is 1. The van der Waals surface area contributed by atoms with Crippen molar-refractivity contribution in [3.05, 3.63) is 59.4 Å². The first-order chi connectivity index (χ1) is 13.7. The Morgan fingerprint density at radius 1 is 1.25 bits per heavy atom. The van der Waals surface area contributed by atoms with Crippen LogP contribution in [0.25, 0.3) is 0 Å². The van der Waals surface area contributed by atoms with Crippen LogP contribution in [0.1, 0.15) is 18.5 Å². The monoisotopic (exact) mass is 377 g/mol. The average Bonchev–Trinajstić information content (AvgIpc) is 3.35. The quantitative estimate of drug-likeness (QED) is 0.709. The molecule has 10 nitrogen and oxygen atoms in total. The lowest BCUT2D eigenvalue weighted by Crippen LogP contribution is -2.31. The molecule has 0 radical (unpaired) electrons. The highest BCUT2D eigenvalue weighted by Crippen LogP contribution is 2.40. The van der Waals surface area contributed by atoms with Crippen molar-refractivity contribution in [2.24, 2.45) is 0 Å². The lowest BCUT2D eigenvalue weighted by molar-refractivity contribution is -0.113. The van der Waals surface area contributed by atoms with Gasteiger partial charge < -0.3 is 20.1 Å². The molecular weight excluding hydrogens is 362 g/mol. The van der Waals surface area contributed by atoms with Crippen molar-refractivity contribution in [3.8, 4) is 11.5 Å². The zero-order valence-electron chi connectivity index (χ0n) is 14.8. The number of pyridine rings is 1. The van der Waals surface area contributed by atoms with Gasteiger partial charge in [0.2, 0.25) is 12.7 Å². The summed E-state index contributed by atoms with van der Waals surface area (Å²) >= 11 is 0. The Bertz CT molecular complexity index is 1090. The Morgan fingerprint density at radius 2 is 2.14 bits per heavy atom. The molecule has 1 atom stereocenters. The molecular formula is C18H15N7O3. The Kier molecular flexibility index (Phi) is 3.68. The van der Waals surface area contributed by atoms with Crippen molar-refractivity contribution in [1.29, 1.82) is 0 Å².